The zero-order valence-electron chi connectivity index (χ0n) is 6.56. The lowest BCUT2D eigenvalue weighted by molar-refractivity contribution is 0.354. The van der Waals surface area contributed by atoms with Gasteiger partial charge in [-0.3, -0.25) is 5.11 Å². The minimum atomic E-state index is -0.0703. The Kier molecular flexibility index (Phi) is 1.95. The highest BCUT2D eigenvalue weighted by Crippen LogP contribution is 2.28. The standard InChI is InChI=1S/C9H9ClNO/c10-8-3-6-1-2-11-5-7(6)4-9(8)12/h3-4,11H,1-2,5H2. The van der Waals surface area contributed by atoms with Gasteiger partial charge in [-0.05, 0) is 36.2 Å². The van der Waals surface area contributed by atoms with E-state index in [2.05, 4.69) is 5.32 Å². The van der Waals surface area contributed by atoms with Crippen LogP contribution in [0.3, 0.4) is 0 Å². The number of rotatable bonds is 0. The maximum atomic E-state index is 11.1. The predicted octanol–water partition coefficient (Wildman–Crippen LogP) is 2.13. The third kappa shape index (κ3) is 1.28. The molecule has 1 aliphatic rings. The lowest BCUT2D eigenvalue weighted by Crippen LogP contribution is -2.23. The van der Waals surface area contributed by atoms with E-state index in [9.17, 15) is 5.11 Å². The van der Waals surface area contributed by atoms with Crippen molar-refractivity contribution in [2.24, 2.45) is 0 Å². The van der Waals surface area contributed by atoms with Crippen LogP contribution in [0.15, 0.2) is 12.1 Å². The third-order valence-electron chi connectivity index (χ3n) is 2.14. The Labute approximate surface area is 76.2 Å². The molecule has 0 atom stereocenters. The molecular weight excluding hydrogens is 174 g/mol. The van der Waals surface area contributed by atoms with E-state index < -0.39 is 0 Å². The molecule has 0 bridgehead atoms. The van der Waals surface area contributed by atoms with E-state index in [-0.39, 0.29) is 5.75 Å². The maximum absolute atomic E-state index is 11.1. The quantitative estimate of drug-likeness (QED) is 0.655. The lowest BCUT2D eigenvalue weighted by atomic mass is 10.0. The molecule has 0 amide bonds. The molecule has 0 fully saturated rings. The summed E-state index contributed by atoms with van der Waals surface area (Å²) in [6.07, 6.45) is 0.968. The summed E-state index contributed by atoms with van der Waals surface area (Å²) in [6.45, 7) is 1.77. The first-order valence-corrected chi connectivity index (χ1v) is 4.34. The molecule has 1 radical (unpaired) electrons. The molecule has 0 saturated carbocycles. The Hall–Kier alpha value is -0.730. The molecule has 63 valence electrons. The SMILES string of the molecule is [O]c1cc2c(cc1Cl)CCNC2. The smallest absolute Gasteiger partial charge is 0.197 e. The van der Waals surface area contributed by atoms with Crippen LogP contribution >= 0.6 is 11.6 Å². The van der Waals surface area contributed by atoms with Gasteiger partial charge in [0.1, 0.15) is 0 Å². The zero-order chi connectivity index (χ0) is 8.55. The Bertz CT molecular complexity index is 281. The van der Waals surface area contributed by atoms with Crippen LogP contribution in [0.4, 0.5) is 0 Å². The molecule has 2 nitrogen and oxygen atoms in total. The van der Waals surface area contributed by atoms with Crippen molar-refractivity contribution in [3.63, 3.8) is 0 Å². The van der Waals surface area contributed by atoms with Crippen molar-refractivity contribution >= 4 is 11.6 Å². The Morgan fingerprint density at radius 2 is 2.17 bits per heavy atom. The molecule has 1 heterocycles. The molecule has 1 aromatic carbocycles. The van der Waals surface area contributed by atoms with Crippen molar-refractivity contribution in [2.75, 3.05) is 6.54 Å². The largest absolute Gasteiger partial charge is 0.312 e. The maximum Gasteiger partial charge on any atom is 0.197 e. The highest BCUT2D eigenvalue weighted by molar-refractivity contribution is 6.32. The topological polar surface area (TPSA) is 31.9 Å². The number of halogens is 1. The van der Waals surface area contributed by atoms with Gasteiger partial charge in [-0.2, -0.15) is 0 Å². The van der Waals surface area contributed by atoms with E-state index in [1.54, 1.807) is 12.1 Å². The van der Waals surface area contributed by atoms with Gasteiger partial charge in [0.2, 0.25) is 0 Å². The van der Waals surface area contributed by atoms with Gasteiger partial charge in [0.25, 0.3) is 0 Å². The van der Waals surface area contributed by atoms with Crippen LogP contribution in [0.1, 0.15) is 11.1 Å². The first-order chi connectivity index (χ1) is 5.77. The molecule has 0 aromatic heterocycles. The number of benzene rings is 1. The second-order valence-corrected chi connectivity index (χ2v) is 3.39. The number of fused-ring (bicyclic) bond motifs is 1. The molecule has 1 aromatic rings. The molecule has 1 aliphatic heterocycles. The van der Waals surface area contributed by atoms with Crippen molar-refractivity contribution in [3.8, 4) is 5.75 Å². The lowest BCUT2D eigenvalue weighted by Gasteiger charge is -2.16. The fourth-order valence-corrected chi connectivity index (χ4v) is 1.67. The third-order valence-corrected chi connectivity index (χ3v) is 2.44. The molecule has 0 spiro atoms. The van der Waals surface area contributed by atoms with Gasteiger partial charge in [-0.25, -0.2) is 0 Å². The van der Waals surface area contributed by atoms with Crippen LogP contribution in [0.2, 0.25) is 5.02 Å². The van der Waals surface area contributed by atoms with Gasteiger partial charge < -0.3 is 5.32 Å². The van der Waals surface area contributed by atoms with E-state index in [0.29, 0.717) is 5.02 Å². The molecule has 2 rings (SSSR count). The highest BCUT2D eigenvalue weighted by Gasteiger charge is 2.12. The summed E-state index contributed by atoms with van der Waals surface area (Å²) < 4.78 is 0. The van der Waals surface area contributed by atoms with Crippen molar-refractivity contribution in [2.45, 2.75) is 13.0 Å². The molecular formula is C9H9ClNO. The summed E-state index contributed by atoms with van der Waals surface area (Å²) in [4.78, 5) is 0. The second-order valence-electron chi connectivity index (χ2n) is 2.98. The van der Waals surface area contributed by atoms with E-state index in [1.165, 1.54) is 5.56 Å². The van der Waals surface area contributed by atoms with Gasteiger partial charge in [-0.1, -0.05) is 11.6 Å². The number of nitrogens with one attached hydrogen (secondary N) is 1. The van der Waals surface area contributed by atoms with Gasteiger partial charge in [0.15, 0.2) is 5.75 Å². The number of hydrogen-bond donors (Lipinski definition) is 1. The molecule has 12 heavy (non-hydrogen) atoms. The van der Waals surface area contributed by atoms with Gasteiger partial charge in [0, 0.05) is 6.54 Å². The fraction of sp³-hybridized carbons (Fsp3) is 0.333. The van der Waals surface area contributed by atoms with Gasteiger partial charge >= 0.3 is 0 Å². The second kappa shape index (κ2) is 2.96. The monoisotopic (exact) mass is 182 g/mol. The van der Waals surface area contributed by atoms with E-state index in [4.69, 9.17) is 11.6 Å². The predicted molar refractivity (Wildman–Crippen MR) is 47.0 cm³/mol. The van der Waals surface area contributed by atoms with E-state index in [1.807, 2.05) is 0 Å². The van der Waals surface area contributed by atoms with E-state index in [0.717, 1.165) is 25.1 Å². The molecule has 3 heteroatoms. The normalized spacial score (nSPS) is 15.8. The summed E-state index contributed by atoms with van der Waals surface area (Å²) in [5.41, 5.74) is 2.30. The minimum absolute atomic E-state index is 0.0703. The van der Waals surface area contributed by atoms with E-state index >= 15 is 0 Å². The molecule has 1 N–H and O–H groups in total. The van der Waals surface area contributed by atoms with Crippen LogP contribution in [0.5, 0.6) is 5.75 Å². The summed E-state index contributed by atoms with van der Waals surface area (Å²) in [5, 5.41) is 14.7. The van der Waals surface area contributed by atoms with Crippen molar-refractivity contribution < 1.29 is 5.11 Å². The highest BCUT2D eigenvalue weighted by atomic mass is 35.5. The average Bonchev–Trinajstić information content (AvgIpc) is 2.07. The first-order valence-electron chi connectivity index (χ1n) is 3.96. The molecule has 0 unspecified atom stereocenters. The molecule has 0 saturated heterocycles. The summed E-state index contributed by atoms with van der Waals surface area (Å²) in [6, 6.07) is 3.42. The van der Waals surface area contributed by atoms with Crippen LogP contribution in [0.25, 0.3) is 0 Å². The van der Waals surface area contributed by atoms with Gasteiger partial charge in [-0.15, -0.1) is 0 Å². The summed E-state index contributed by atoms with van der Waals surface area (Å²) in [5.74, 6) is -0.0703. The first kappa shape index (κ1) is 7.90. The Morgan fingerprint density at radius 3 is 3.00 bits per heavy atom. The van der Waals surface area contributed by atoms with Crippen LogP contribution < -0.4 is 5.32 Å². The van der Waals surface area contributed by atoms with Gasteiger partial charge in [0.05, 0.1) is 5.02 Å². The zero-order valence-corrected chi connectivity index (χ0v) is 7.32. The van der Waals surface area contributed by atoms with Crippen molar-refractivity contribution in [1.29, 1.82) is 0 Å². The summed E-state index contributed by atoms with van der Waals surface area (Å²) in [7, 11) is 0. The minimum Gasteiger partial charge on any atom is -0.312 e. The molecule has 0 aliphatic carbocycles. The fourth-order valence-electron chi connectivity index (χ4n) is 1.48. The van der Waals surface area contributed by atoms with Crippen LogP contribution in [-0.4, -0.2) is 6.54 Å². The number of hydrogen-bond acceptors (Lipinski definition) is 1. The Morgan fingerprint density at radius 1 is 1.33 bits per heavy atom. The van der Waals surface area contributed by atoms with Crippen molar-refractivity contribution in [1.82, 2.24) is 5.32 Å². The van der Waals surface area contributed by atoms with Crippen LogP contribution in [0, 0.1) is 0 Å². The Balaban J connectivity index is 2.49. The van der Waals surface area contributed by atoms with Crippen LogP contribution in [-0.2, 0) is 18.1 Å². The van der Waals surface area contributed by atoms with Crippen molar-refractivity contribution in [3.05, 3.63) is 28.3 Å². The summed E-state index contributed by atoms with van der Waals surface area (Å²) >= 11 is 5.71. The average molecular weight is 183 g/mol.